The average Bonchev–Trinajstić information content (AvgIpc) is 2.25. The highest BCUT2D eigenvalue weighted by Crippen LogP contribution is 2.25. The van der Waals surface area contributed by atoms with Crippen LogP contribution in [0.3, 0.4) is 0 Å². The van der Waals surface area contributed by atoms with E-state index in [4.69, 9.17) is 22.1 Å². The Bertz CT molecular complexity index is 383. The molecule has 1 aromatic carbocycles. The maximum atomic E-state index is 11.6. The van der Waals surface area contributed by atoms with Gasteiger partial charge in [0.25, 0.3) is 5.91 Å². The zero-order chi connectivity index (χ0) is 12.1. The van der Waals surface area contributed by atoms with Crippen LogP contribution in [0.25, 0.3) is 0 Å². The summed E-state index contributed by atoms with van der Waals surface area (Å²) in [5, 5.41) is 3.19. The quantitative estimate of drug-likeness (QED) is 0.894. The minimum atomic E-state index is -0.651. The second-order valence-electron chi connectivity index (χ2n) is 3.08. The van der Waals surface area contributed by atoms with Crippen molar-refractivity contribution < 1.29 is 9.53 Å². The van der Waals surface area contributed by atoms with E-state index in [1.54, 1.807) is 18.2 Å². The van der Waals surface area contributed by atoms with Crippen LogP contribution < -0.4 is 11.1 Å². The van der Waals surface area contributed by atoms with Gasteiger partial charge in [0.15, 0.2) is 0 Å². The highest BCUT2D eigenvalue weighted by molar-refractivity contribution is 9.10. The molecule has 0 bridgehead atoms. The van der Waals surface area contributed by atoms with Gasteiger partial charge in [-0.05, 0) is 34.1 Å². The molecule has 1 aromatic rings. The van der Waals surface area contributed by atoms with E-state index in [0.717, 1.165) is 4.47 Å². The second-order valence-corrected chi connectivity index (χ2v) is 4.34. The van der Waals surface area contributed by atoms with Gasteiger partial charge in [0.05, 0.1) is 5.02 Å². The number of nitrogens with one attached hydrogen (secondary N) is 1. The van der Waals surface area contributed by atoms with Gasteiger partial charge in [0, 0.05) is 23.8 Å². The van der Waals surface area contributed by atoms with Gasteiger partial charge < -0.3 is 15.8 Å². The van der Waals surface area contributed by atoms with Gasteiger partial charge in [-0.3, -0.25) is 4.79 Å². The summed E-state index contributed by atoms with van der Waals surface area (Å²) >= 11 is 9.15. The zero-order valence-corrected chi connectivity index (χ0v) is 11.0. The SMILES string of the molecule is COC(CN)C(=O)Nc1ccc(Br)c(Cl)c1. The summed E-state index contributed by atoms with van der Waals surface area (Å²) in [6.45, 7) is 0.132. The lowest BCUT2D eigenvalue weighted by Gasteiger charge is -2.13. The van der Waals surface area contributed by atoms with Crippen LogP contribution in [0.2, 0.25) is 5.02 Å². The van der Waals surface area contributed by atoms with Crippen LogP contribution in [0.1, 0.15) is 0 Å². The topological polar surface area (TPSA) is 64.3 Å². The predicted octanol–water partition coefficient (Wildman–Crippen LogP) is 2.01. The van der Waals surface area contributed by atoms with E-state index >= 15 is 0 Å². The molecule has 0 saturated heterocycles. The fourth-order valence-electron chi connectivity index (χ4n) is 1.11. The Balaban J connectivity index is 2.73. The van der Waals surface area contributed by atoms with Crippen LogP contribution in [0, 0.1) is 0 Å². The Kier molecular flexibility index (Phi) is 5.21. The molecular formula is C10H12BrClN2O2. The van der Waals surface area contributed by atoms with Crippen molar-refractivity contribution in [2.24, 2.45) is 5.73 Å². The van der Waals surface area contributed by atoms with E-state index in [0.29, 0.717) is 10.7 Å². The van der Waals surface area contributed by atoms with Crippen LogP contribution >= 0.6 is 27.5 Å². The number of hydrogen-bond acceptors (Lipinski definition) is 3. The normalized spacial score (nSPS) is 12.2. The molecule has 0 saturated carbocycles. The number of anilines is 1. The van der Waals surface area contributed by atoms with E-state index in [9.17, 15) is 4.79 Å². The summed E-state index contributed by atoms with van der Waals surface area (Å²) in [5.74, 6) is -0.289. The predicted molar refractivity (Wildman–Crippen MR) is 67.6 cm³/mol. The summed E-state index contributed by atoms with van der Waals surface area (Å²) < 4.78 is 5.68. The Morgan fingerprint density at radius 1 is 1.69 bits per heavy atom. The Morgan fingerprint density at radius 3 is 2.88 bits per heavy atom. The molecule has 16 heavy (non-hydrogen) atoms. The zero-order valence-electron chi connectivity index (χ0n) is 8.67. The standard InChI is InChI=1S/C10H12BrClN2O2/c1-16-9(5-13)10(15)14-6-2-3-7(11)8(12)4-6/h2-4,9H,5,13H2,1H3,(H,14,15). The van der Waals surface area contributed by atoms with Gasteiger partial charge >= 0.3 is 0 Å². The molecule has 0 aliphatic rings. The molecule has 3 N–H and O–H groups in total. The van der Waals surface area contributed by atoms with Crippen molar-refractivity contribution in [3.05, 3.63) is 27.7 Å². The smallest absolute Gasteiger partial charge is 0.254 e. The fraction of sp³-hybridized carbons (Fsp3) is 0.300. The molecule has 0 heterocycles. The molecule has 1 unspecified atom stereocenters. The third kappa shape index (κ3) is 3.45. The molecule has 0 spiro atoms. The van der Waals surface area contributed by atoms with Crippen LogP contribution in [-0.2, 0) is 9.53 Å². The van der Waals surface area contributed by atoms with Gasteiger partial charge in [-0.2, -0.15) is 0 Å². The molecule has 0 aliphatic heterocycles. The van der Waals surface area contributed by atoms with Crippen molar-refractivity contribution in [3.63, 3.8) is 0 Å². The molecule has 1 atom stereocenters. The van der Waals surface area contributed by atoms with Crippen LogP contribution in [0.4, 0.5) is 5.69 Å². The summed E-state index contributed by atoms with van der Waals surface area (Å²) in [4.78, 5) is 11.6. The van der Waals surface area contributed by atoms with E-state index in [1.165, 1.54) is 7.11 Å². The van der Waals surface area contributed by atoms with Crippen molar-refractivity contribution in [1.82, 2.24) is 0 Å². The van der Waals surface area contributed by atoms with Crippen molar-refractivity contribution in [1.29, 1.82) is 0 Å². The number of benzene rings is 1. The van der Waals surface area contributed by atoms with E-state index in [2.05, 4.69) is 21.2 Å². The molecule has 88 valence electrons. The maximum Gasteiger partial charge on any atom is 0.254 e. The Morgan fingerprint density at radius 2 is 2.38 bits per heavy atom. The molecule has 1 rings (SSSR count). The van der Waals surface area contributed by atoms with Crippen molar-refractivity contribution >= 4 is 39.1 Å². The minimum absolute atomic E-state index is 0.132. The highest BCUT2D eigenvalue weighted by atomic mass is 79.9. The lowest BCUT2D eigenvalue weighted by atomic mass is 10.3. The first-order chi connectivity index (χ1) is 7.58. The molecule has 0 aromatic heterocycles. The first-order valence-corrected chi connectivity index (χ1v) is 5.74. The van der Waals surface area contributed by atoms with E-state index < -0.39 is 6.10 Å². The average molecular weight is 308 g/mol. The third-order valence-corrected chi connectivity index (χ3v) is 3.21. The fourth-order valence-corrected chi connectivity index (χ4v) is 1.53. The number of carbonyl (C=O) groups is 1. The van der Waals surface area contributed by atoms with Gasteiger partial charge in [-0.15, -0.1) is 0 Å². The van der Waals surface area contributed by atoms with Crippen LogP contribution in [0.15, 0.2) is 22.7 Å². The van der Waals surface area contributed by atoms with E-state index in [1.807, 2.05) is 0 Å². The van der Waals surface area contributed by atoms with Gasteiger partial charge in [-0.25, -0.2) is 0 Å². The number of halogens is 2. The largest absolute Gasteiger partial charge is 0.370 e. The molecule has 1 amide bonds. The molecule has 6 heteroatoms. The van der Waals surface area contributed by atoms with Crippen molar-refractivity contribution in [2.45, 2.75) is 6.10 Å². The maximum absolute atomic E-state index is 11.6. The summed E-state index contributed by atoms with van der Waals surface area (Å²) in [5.41, 5.74) is 5.98. The number of amides is 1. The molecule has 0 aliphatic carbocycles. The van der Waals surface area contributed by atoms with E-state index in [-0.39, 0.29) is 12.5 Å². The molecule has 0 fully saturated rings. The van der Waals surface area contributed by atoms with Gasteiger partial charge in [0.1, 0.15) is 6.10 Å². The van der Waals surface area contributed by atoms with Crippen molar-refractivity contribution in [3.8, 4) is 0 Å². The van der Waals surface area contributed by atoms with Crippen molar-refractivity contribution in [2.75, 3.05) is 19.0 Å². The van der Waals surface area contributed by atoms with Gasteiger partial charge in [-0.1, -0.05) is 11.6 Å². The summed E-state index contributed by atoms with van der Waals surface area (Å²) in [6.07, 6.45) is -0.651. The van der Waals surface area contributed by atoms with Crippen LogP contribution in [0.5, 0.6) is 0 Å². The molecule has 0 radical (unpaired) electrons. The number of nitrogens with two attached hydrogens (primary N) is 1. The molecule has 4 nitrogen and oxygen atoms in total. The summed E-state index contributed by atoms with van der Waals surface area (Å²) in [6, 6.07) is 5.13. The monoisotopic (exact) mass is 306 g/mol. The lowest BCUT2D eigenvalue weighted by molar-refractivity contribution is -0.125. The minimum Gasteiger partial charge on any atom is -0.370 e. The number of carbonyl (C=O) groups excluding carboxylic acids is 1. The lowest BCUT2D eigenvalue weighted by Crippen LogP contribution is -2.35. The highest BCUT2D eigenvalue weighted by Gasteiger charge is 2.15. The second kappa shape index (κ2) is 6.20. The number of hydrogen-bond donors (Lipinski definition) is 2. The van der Waals surface area contributed by atoms with Crippen LogP contribution in [-0.4, -0.2) is 25.7 Å². The number of ether oxygens (including phenoxy) is 1. The first-order valence-electron chi connectivity index (χ1n) is 4.57. The summed E-state index contributed by atoms with van der Waals surface area (Å²) in [7, 11) is 1.44. The third-order valence-electron chi connectivity index (χ3n) is 1.98. The number of rotatable bonds is 4. The Hall–Kier alpha value is -0.620. The Labute approximate surface area is 107 Å². The van der Waals surface area contributed by atoms with Gasteiger partial charge in [0.2, 0.25) is 0 Å². The number of methoxy groups -OCH3 is 1. The molecular weight excluding hydrogens is 295 g/mol. The first kappa shape index (κ1) is 13.4.